The van der Waals surface area contributed by atoms with Crippen LogP contribution >= 0.6 is 0 Å². The van der Waals surface area contributed by atoms with Crippen molar-refractivity contribution in [2.75, 3.05) is 0 Å². The Hall–Kier alpha value is -7.44. The second kappa shape index (κ2) is 12.1. The predicted molar refractivity (Wildman–Crippen MR) is 277 cm³/mol. The third-order valence-corrected chi connectivity index (χ3v) is 15.8. The quantitative estimate of drug-likeness (QED) is 0.167. The Labute approximate surface area is 381 Å². The van der Waals surface area contributed by atoms with Crippen LogP contribution in [0.1, 0.15) is 62.8 Å². The summed E-state index contributed by atoms with van der Waals surface area (Å²) in [7, 11) is 0. The van der Waals surface area contributed by atoms with Gasteiger partial charge in [-0.05, 0) is 104 Å². The number of hydrogen-bond acceptors (Lipinski definition) is 2. The minimum Gasteiger partial charge on any atom is -0.439 e. The predicted octanol–water partition coefficient (Wildman–Crippen LogP) is 9.17. The molecule has 3 aliphatic heterocycles. The first-order valence-electron chi connectivity index (χ1n) is 23.5. The van der Waals surface area contributed by atoms with E-state index in [9.17, 15) is 0 Å². The van der Waals surface area contributed by atoms with Gasteiger partial charge in [-0.2, -0.15) is 0 Å². The lowest BCUT2D eigenvalue weighted by molar-refractivity contribution is 0.596. The molecule has 66 heavy (non-hydrogen) atoms. The van der Waals surface area contributed by atoms with Gasteiger partial charge in [0, 0.05) is 32.9 Å². The third-order valence-electron chi connectivity index (χ3n) is 15.8. The molecule has 0 spiro atoms. The van der Waals surface area contributed by atoms with Crippen LogP contribution in [0, 0.1) is 13.8 Å². The molecule has 3 aliphatic rings. The van der Waals surface area contributed by atoms with E-state index in [1.807, 2.05) is 16.5 Å². The fraction of sp³-hybridized carbons (Fsp3) is 0.155. The highest BCUT2D eigenvalue weighted by Crippen LogP contribution is 2.43. The summed E-state index contributed by atoms with van der Waals surface area (Å²) in [5.74, 6) is 0.392. The van der Waals surface area contributed by atoms with Crippen molar-refractivity contribution in [3.63, 3.8) is 0 Å². The summed E-state index contributed by atoms with van der Waals surface area (Å²) >= 11 is 0. The summed E-state index contributed by atoms with van der Waals surface area (Å²) in [6, 6.07) is 49.1. The summed E-state index contributed by atoms with van der Waals surface area (Å²) in [5, 5.41) is 6.89. The Morgan fingerprint density at radius 2 is 1.23 bits per heavy atom. The summed E-state index contributed by atoms with van der Waals surface area (Å²) in [4.78, 5) is 16.5. The third kappa shape index (κ3) is 4.17. The summed E-state index contributed by atoms with van der Waals surface area (Å²) in [5.41, 5.74) is 22.4. The van der Waals surface area contributed by atoms with Crippen LogP contribution in [-0.2, 0) is 5.41 Å². The average Bonchev–Trinajstić information content (AvgIpc) is 4.05. The van der Waals surface area contributed by atoms with E-state index in [0.717, 1.165) is 60.7 Å². The summed E-state index contributed by atoms with van der Waals surface area (Å²) in [6.45, 7) is 15.8. The smallest absolute Gasteiger partial charge is 0.344 e. The van der Waals surface area contributed by atoms with E-state index in [4.69, 9.17) is 4.42 Å². The zero-order chi connectivity index (χ0) is 44.4. The first kappa shape index (κ1) is 36.9. The highest BCUT2D eigenvalue weighted by molar-refractivity contribution is 7.05. The zero-order valence-corrected chi connectivity index (χ0v) is 38.0. The second-order valence-corrected chi connectivity index (χ2v) is 20.7. The van der Waals surface area contributed by atoms with Crippen LogP contribution < -0.4 is 38.5 Å². The molecule has 8 heteroatoms. The van der Waals surface area contributed by atoms with Crippen LogP contribution in [0.15, 0.2) is 143 Å². The van der Waals surface area contributed by atoms with Crippen molar-refractivity contribution in [3.8, 4) is 22.5 Å². The van der Waals surface area contributed by atoms with Crippen molar-refractivity contribution in [3.05, 3.63) is 166 Å². The SMILES string of the molecule is Cc1cc(C(C)C)cc(C)c1B1c2ccc3c4c2-n2c5c1c1c6ccccc6oc1n5c(=O)n1c2c(c2c5ccccc5n(-c5ccccc5)c21)B4c1ccc(C(C)(C)C)c2cccc-3c12. The molecule has 0 saturated heterocycles. The van der Waals surface area contributed by atoms with Gasteiger partial charge in [-0.15, -0.1) is 0 Å². The van der Waals surface area contributed by atoms with Crippen molar-refractivity contribution < 1.29 is 4.42 Å². The van der Waals surface area contributed by atoms with E-state index in [1.54, 1.807) is 0 Å². The van der Waals surface area contributed by atoms with Gasteiger partial charge in [0.1, 0.15) is 22.5 Å². The fourth-order valence-corrected chi connectivity index (χ4v) is 13.3. The number of aromatic nitrogens is 4. The number of benzene rings is 7. The van der Waals surface area contributed by atoms with E-state index in [1.165, 1.54) is 77.2 Å². The Morgan fingerprint density at radius 3 is 2.00 bits per heavy atom. The molecule has 314 valence electrons. The molecule has 12 aromatic rings. The molecule has 15 rings (SSSR count). The lowest BCUT2D eigenvalue weighted by Gasteiger charge is -2.39. The largest absolute Gasteiger partial charge is 0.439 e. The normalized spacial score (nSPS) is 13.8. The highest BCUT2D eigenvalue weighted by atomic mass is 16.3. The monoisotopic (exact) mass is 850 g/mol. The second-order valence-electron chi connectivity index (χ2n) is 20.7. The molecule has 0 fully saturated rings. The molecule has 6 nitrogen and oxygen atoms in total. The minimum absolute atomic E-state index is 0.0638. The van der Waals surface area contributed by atoms with E-state index in [-0.39, 0.29) is 24.5 Å². The Bertz CT molecular complexity index is 4280. The van der Waals surface area contributed by atoms with Gasteiger partial charge in [0.05, 0.1) is 5.52 Å². The standard InChI is InChI=1S/C58H44B2N4O2/c1-30(2)33-28-31(3)48(32(4)29-33)60-42-26-24-36-35-20-15-21-37-40(58(5,6)7)25-27-41(45(35)37)59-49(36)52(42)62-54-50(59)46-38-18-11-13-22-43(38)61(34-16-9-8-10-17-34)53(46)63(54)57(65)64-55(62)51(60)47-39-19-12-14-23-44(39)66-56(47)64/h8-30H,1-7H3. The molecule has 0 bridgehead atoms. The van der Waals surface area contributed by atoms with Gasteiger partial charge in [-0.1, -0.05) is 166 Å². The number of furan rings is 1. The Balaban J connectivity index is 1.25. The van der Waals surface area contributed by atoms with Crippen LogP contribution in [0.5, 0.6) is 0 Å². The molecule has 8 heterocycles. The van der Waals surface area contributed by atoms with Crippen LogP contribution in [0.25, 0.3) is 88.6 Å². The Kier molecular flexibility index (Phi) is 6.73. The molecule has 5 aromatic heterocycles. The van der Waals surface area contributed by atoms with Gasteiger partial charge in [0.25, 0.3) is 6.71 Å². The highest BCUT2D eigenvalue weighted by Gasteiger charge is 2.49. The van der Waals surface area contributed by atoms with Crippen LogP contribution in [0.2, 0.25) is 0 Å². The minimum atomic E-state index is -0.173. The first-order valence-corrected chi connectivity index (χ1v) is 23.5. The number of hydrogen-bond donors (Lipinski definition) is 0. The van der Waals surface area contributed by atoms with Crippen LogP contribution in [-0.4, -0.2) is 31.4 Å². The molecule has 0 radical (unpaired) electrons. The fourth-order valence-electron chi connectivity index (χ4n) is 13.3. The van der Waals surface area contributed by atoms with Gasteiger partial charge >= 0.3 is 5.69 Å². The maximum Gasteiger partial charge on any atom is 0.344 e. The lowest BCUT2D eigenvalue weighted by atomic mass is 9.29. The van der Waals surface area contributed by atoms with Crippen molar-refractivity contribution in [1.29, 1.82) is 0 Å². The van der Waals surface area contributed by atoms with E-state index in [2.05, 4.69) is 183 Å². The van der Waals surface area contributed by atoms with Gasteiger partial charge in [-0.25, -0.2) is 13.6 Å². The first-order chi connectivity index (χ1) is 32.0. The molecular weight excluding hydrogens is 806 g/mol. The molecule has 0 saturated carbocycles. The number of fused-ring (bicyclic) bond motifs is 13. The maximum absolute atomic E-state index is 16.5. The van der Waals surface area contributed by atoms with Gasteiger partial charge in [0.2, 0.25) is 12.4 Å². The molecular formula is C58H44B2N4O2. The van der Waals surface area contributed by atoms with E-state index in [0.29, 0.717) is 11.6 Å². The molecule has 0 aliphatic carbocycles. The van der Waals surface area contributed by atoms with Crippen molar-refractivity contribution in [2.45, 2.75) is 59.8 Å². The molecule has 0 atom stereocenters. The summed E-state index contributed by atoms with van der Waals surface area (Å²) in [6.07, 6.45) is 0. The van der Waals surface area contributed by atoms with Crippen molar-refractivity contribution in [1.82, 2.24) is 17.9 Å². The molecule has 7 aromatic carbocycles. The van der Waals surface area contributed by atoms with Crippen LogP contribution in [0.3, 0.4) is 0 Å². The topological polar surface area (TPSA) is 48.9 Å². The Morgan fingerprint density at radius 1 is 0.561 bits per heavy atom. The number of para-hydroxylation sites is 3. The van der Waals surface area contributed by atoms with E-state index >= 15 is 4.79 Å². The maximum atomic E-state index is 16.5. The van der Waals surface area contributed by atoms with E-state index < -0.39 is 0 Å². The molecule has 0 N–H and O–H groups in total. The van der Waals surface area contributed by atoms with Crippen LogP contribution in [0.4, 0.5) is 0 Å². The average molecular weight is 851 g/mol. The molecule has 0 unspecified atom stereocenters. The summed E-state index contributed by atoms with van der Waals surface area (Å²) < 4.78 is 15.8. The number of rotatable bonds is 3. The van der Waals surface area contributed by atoms with Gasteiger partial charge in [0.15, 0.2) is 0 Å². The van der Waals surface area contributed by atoms with Crippen molar-refractivity contribution in [2.24, 2.45) is 0 Å². The zero-order valence-electron chi connectivity index (χ0n) is 38.0. The molecule has 0 amide bonds. The number of aryl methyl sites for hydroxylation is 2. The van der Waals surface area contributed by atoms with Gasteiger partial charge < -0.3 is 4.42 Å². The lowest BCUT2D eigenvalue weighted by Crippen LogP contribution is -2.65. The number of nitrogens with zero attached hydrogens (tertiary/aromatic N) is 4. The van der Waals surface area contributed by atoms with Gasteiger partial charge in [-0.3, -0.25) is 9.13 Å². The van der Waals surface area contributed by atoms with Crippen molar-refractivity contribution >= 4 is 112 Å².